The number of imidazole rings is 1. The molecule has 1 aliphatic rings. The summed E-state index contributed by atoms with van der Waals surface area (Å²) in [6.45, 7) is 1.94. The van der Waals surface area contributed by atoms with Crippen LogP contribution in [-0.4, -0.2) is 83.0 Å². The number of hydrogen-bond donors (Lipinski definition) is 2. The second-order valence-corrected chi connectivity index (χ2v) is 11.6. The second-order valence-electron chi connectivity index (χ2n) is 11.2. The van der Waals surface area contributed by atoms with E-state index in [1.54, 1.807) is 13.4 Å². The third kappa shape index (κ3) is 7.18. The molecule has 9 heteroatoms. The molecule has 1 saturated heterocycles. The van der Waals surface area contributed by atoms with Gasteiger partial charge in [0.25, 0.3) is 0 Å². The summed E-state index contributed by atoms with van der Waals surface area (Å²) < 4.78 is 1.85. The Hall–Kier alpha value is -3.72. The number of amides is 2. The molecule has 1 aliphatic heterocycles. The molecule has 2 amide bonds. The maximum atomic E-state index is 14.1. The smallest absolute Gasteiger partial charge is 0.245 e. The molecule has 220 valence electrons. The molecule has 1 aromatic heterocycles. The van der Waals surface area contributed by atoms with Gasteiger partial charge in [0, 0.05) is 56.8 Å². The Morgan fingerprint density at radius 1 is 0.976 bits per heavy atom. The van der Waals surface area contributed by atoms with Gasteiger partial charge in [-0.2, -0.15) is 0 Å². The van der Waals surface area contributed by atoms with Crippen molar-refractivity contribution in [3.63, 3.8) is 0 Å². The van der Waals surface area contributed by atoms with E-state index in [-0.39, 0.29) is 17.9 Å². The van der Waals surface area contributed by atoms with Gasteiger partial charge in [0.2, 0.25) is 11.8 Å². The third-order valence-electron chi connectivity index (χ3n) is 8.21. The zero-order chi connectivity index (χ0) is 29.6. The Labute approximate surface area is 252 Å². The lowest BCUT2D eigenvalue weighted by atomic mass is 9.98. The van der Waals surface area contributed by atoms with Gasteiger partial charge in [0.05, 0.1) is 18.1 Å². The fraction of sp³-hybridized carbons (Fsp3) is 0.364. The fourth-order valence-electron chi connectivity index (χ4n) is 5.69. The highest BCUT2D eigenvalue weighted by Gasteiger charge is 2.33. The molecule has 0 spiro atoms. The summed E-state index contributed by atoms with van der Waals surface area (Å²) in [6, 6.07) is 21.3. The molecule has 2 heterocycles. The van der Waals surface area contributed by atoms with Crippen LogP contribution in [0.5, 0.6) is 0 Å². The summed E-state index contributed by atoms with van der Waals surface area (Å²) in [5.74, 6) is -0.331. The maximum absolute atomic E-state index is 14.1. The van der Waals surface area contributed by atoms with Crippen molar-refractivity contribution in [1.29, 1.82) is 0 Å². The average Bonchev–Trinajstić information content (AvgIpc) is 3.41. The van der Waals surface area contributed by atoms with E-state index in [9.17, 15) is 9.59 Å². The molecule has 0 saturated carbocycles. The van der Waals surface area contributed by atoms with Crippen LogP contribution in [0.1, 0.15) is 16.8 Å². The summed E-state index contributed by atoms with van der Waals surface area (Å²) >= 11 is 6.50. The van der Waals surface area contributed by atoms with E-state index in [4.69, 9.17) is 11.6 Å². The van der Waals surface area contributed by atoms with Gasteiger partial charge in [-0.1, -0.05) is 72.3 Å². The number of nitrogens with zero attached hydrogens (tertiary/aromatic N) is 4. The summed E-state index contributed by atoms with van der Waals surface area (Å²) in [5, 5.41) is 9.17. The minimum absolute atomic E-state index is 0.0902. The molecular weight excluding hydrogens is 548 g/mol. The first kappa shape index (κ1) is 29.8. The maximum Gasteiger partial charge on any atom is 0.245 e. The van der Waals surface area contributed by atoms with Crippen molar-refractivity contribution in [1.82, 2.24) is 30.0 Å². The van der Waals surface area contributed by atoms with E-state index in [0.29, 0.717) is 31.0 Å². The number of halogens is 1. The monoisotopic (exact) mass is 586 g/mol. The minimum atomic E-state index is -0.748. The highest BCUT2D eigenvalue weighted by atomic mass is 35.5. The first-order valence-corrected chi connectivity index (χ1v) is 14.8. The number of aryl methyl sites for hydroxylation is 1. The normalized spacial score (nSPS) is 17.2. The van der Waals surface area contributed by atoms with Gasteiger partial charge in [0.1, 0.15) is 6.04 Å². The highest BCUT2D eigenvalue weighted by molar-refractivity contribution is 6.31. The number of carbonyl (C=O) groups excluding carboxylic acids is 2. The van der Waals surface area contributed by atoms with Crippen LogP contribution < -0.4 is 10.6 Å². The van der Waals surface area contributed by atoms with Crippen molar-refractivity contribution >= 4 is 34.2 Å². The Morgan fingerprint density at radius 2 is 1.74 bits per heavy atom. The number of nitrogens with one attached hydrogen (secondary N) is 2. The number of aromatic nitrogens is 2. The number of piperazine rings is 1. The van der Waals surface area contributed by atoms with E-state index in [1.807, 2.05) is 47.0 Å². The third-order valence-corrected chi connectivity index (χ3v) is 8.58. The minimum Gasteiger partial charge on any atom is -0.343 e. The quantitative estimate of drug-likeness (QED) is 0.297. The first-order valence-electron chi connectivity index (χ1n) is 14.5. The Morgan fingerprint density at radius 3 is 2.48 bits per heavy atom. The lowest BCUT2D eigenvalue weighted by Crippen LogP contribution is -2.60. The predicted molar refractivity (Wildman–Crippen MR) is 167 cm³/mol. The lowest BCUT2D eigenvalue weighted by Gasteiger charge is -2.41. The van der Waals surface area contributed by atoms with Crippen molar-refractivity contribution in [3.8, 4) is 0 Å². The van der Waals surface area contributed by atoms with Gasteiger partial charge in [-0.25, -0.2) is 4.98 Å². The zero-order valence-corrected chi connectivity index (χ0v) is 25.2. The Balaban J connectivity index is 1.32. The van der Waals surface area contributed by atoms with Crippen LogP contribution >= 0.6 is 11.6 Å². The SMILES string of the molecule is CN[C@@H](Cc1cn(C)cn1)C(=O)N[C@H](Cc1ccccc1Cl)C(=O)N1CCN(C)[C@H](Cc2ccc3ccccc3c2)C1. The van der Waals surface area contributed by atoms with Crippen LogP contribution in [0, 0.1) is 0 Å². The zero-order valence-electron chi connectivity index (χ0n) is 24.5. The molecule has 1 fully saturated rings. The first-order chi connectivity index (χ1) is 20.3. The summed E-state index contributed by atoms with van der Waals surface area (Å²) in [5.41, 5.74) is 2.87. The average molecular weight is 587 g/mol. The predicted octanol–water partition coefficient (Wildman–Crippen LogP) is 3.47. The van der Waals surface area contributed by atoms with Gasteiger partial charge in [-0.3, -0.25) is 14.5 Å². The van der Waals surface area contributed by atoms with Crippen LogP contribution in [0.3, 0.4) is 0 Å². The van der Waals surface area contributed by atoms with E-state index in [0.717, 1.165) is 24.2 Å². The van der Waals surface area contributed by atoms with Gasteiger partial charge in [-0.05, 0) is 48.5 Å². The molecule has 2 N–H and O–H groups in total. The van der Waals surface area contributed by atoms with Crippen LogP contribution in [0.2, 0.25) is 5.02 Å². The van der Waals surface area contributed by atoms with E-state index in [2.05, 4.69) is 70.0 Å². The molecule has 8 nitrogen and oxygen atoms in total. The van der Waals surface area contributed by atoms with Crippen LogP contribution in [0.25, 0.3) is 10.8 Å². The molecule has 3 atom stereocenters. The fourth-order valence-corrected chi connectivity index (χ4v) is 5.90. The summed E-state index contributed by atoms with van der Waals surface area (Å²) in [7, 11) is 5.76. The van der Waals surface area contributed by atoms with Gasteiger partial charge in [-0.15, -0.1) is 0 Å². The molecule has 42 heavy (non-hydrogen) atoms. The summed E-state index contributed by atoms with van der Waals surface area (Å²) in [6.07, 6.45) is 5.17. The van der Waals surface area contributed by atoms with E-state index >= 15 is 0 Å². The van der Waals surface area contributed by atoms with Gasteiger partial charge >= 0.3 is 0 Å². The standard InChI is InChI=1S/C33H39ClN6O2/c1-35-30(19-27-20-38(2)22-36-27)32(41)37-31(18-26-10-6-7-11-29(26)34)33(42)40-15-14-39(3)28(21-40)17-23-12-13-24-8-4-5-9-25(24)16-23/h4-13,16,20,22,28,30-31,35H,14-15,17-19,21H2,1-3H3,(H,37,41)/t28-,30+,31-/m1/s1. The van der Waals surface area contributed by atoms with Crippen molar-refractivity contribution < 1.29 is 9.59 Å². The molecule has 4 aromatic rings. The number of hydrogen-bond acceptors (Lipinski definition) is 5. The molecule has 0 radical (unpaired) electrons. The van der Waals surface area contributed by atoms with Crippen LogP contribution in [0.4, 0.5) is 0 Å². The molecular formula is C33H39ClN6O2. The van der Waals surface area contributed by atoms with Crippen LogP contribution in [-0.2, 0) is 35.9 Å². The number of benzene rings is 3. The van der Waals surface area contributed by atoms with Crippen molar-refractivity contribution in [2.75, 3.05) is 33.7 Å². The number of rotatable bonds is 10. The van der Waals surface area contributed by atoms with E-state index in [1.165, 1.54) is 16.3 Å². The number of fused-ring (bicyclic) bond motifs is 1. The molecule has 0 unspecified atom stereocenters. The van der Waals surface area contributed by atoms with E-state index < -0.39 is 12.1 Å². The largest absolute Gasteiger partial charge is 0.343 e. The van der Waals surface area contributed by atoms with Crippen LogP contribution in [0.15, 0.2) is 79.3 Å². The van der Waals surface area contributed by atoms with Crippen molar-refractivity contribution in [2.24, 2.45) is 7.05 Å². The number of carbonyl (C=O) groups is 2. The van der Waals surface area contributed by atoms with Gasteiger partial charge < -0.3 is 20.1 Å². The Bertz CT molecular complexity index is 1540. The van der Waals surface area contributed by atoms with Gasteiger partial charge in [0.15, 0.2) is 0 Å². The second kappa shape index (κ2) is 13.5. The molecule has 3 aromatic carbocycles. The molecule has 0 bridgehead atoms. The Kier molecular flexibility index (Phi) is 9.57. The molecule has 0 aliphatic carbocycles. The van der Waals surface area contributed by atoms with Crippen molar-refractivity contribution in [3.05, 3.63) is 101 Å². The molecule has 5 rings (SSSR count). The lowest BCUT2D eigenvalue weighted by molar-refractivity contribution is -0.139. The number of likely N-dealkylation sites (N-methyl/N-ethyl adjacent to an activating group) is 2. The highest BCUT2D eigenvalue weighted by Crippen LogP contribution is 2.21. The summed E-state index contributed by atoms with van der Waals surface area (Å²) in [4.78, 5) is 36.2. The topological polar surface area (TPSA) is 82.5 Å². The van der Waals surface area contributed by atoms with Crippen molar-refractivity contribution in [2.45, 2.75) is 37.4 Å².